The number of nitrogens with one attached hydrogen (secondary N) is 1. The van der Waals surface area contributed by atoms with Gasteiger partial charge < -0.3 is 9.84 Å². The summed E-state index contributed by atoms with van der Waals surface area (Å²) in [6, 6.07) is 4.67. The molecule has 0 aliphatic heterocycles. The molecule has 0 aliphatic rings. The summed E-state index contributed by atoms with van der Waals surface area (Å²) in [4.78, 5) is 27.9. The summed E-state index contributed by atoms with van der Waals surface area (Å²) in [5.74, 6) is -1.37. The number of esters is 1. The number of hydrogen-bond donors (Lipinski definition) is 2. The highest BCUT2D eigenvalue weighted by atomic mass is 35.5. The van der Waals surface area contributed by atoms with Gasteiger partial charge in [0.05, 0.1) is 11.4 Å². The number of benzene rings is 1. The molecule has 0 saturated carbocycles. The molecule has 23 heavy (non-hydrogen) atoms. The molecule has 2 N–H and O–H groups in total. The molecule has 1 aromatic carbocycles. The van der Waals surface area contributed by atoms with Gasteiger partial charge in [-0.1, -0.05) is 25.4 Å². The zero-order chi connectivity index (χ0) is 16.7. The first kappa shape index (κ1) is 15.2. The number of ether oxygens (including phenoxy) is 1. The van der Waals surface area contributed by atoms with E-state index < -0.39 is 17.4 Å². The molecule has 0 bridgehead atoms. The minimum atomic E-state index is -0.610. The first-order valence-electron chi connectivity index (χ1n) is 6.80. The third-order valence-electron chi connectivity index (χ3n) is 3.28. The Morgan fingerprint density at radius 3 is 2.83 bits per heavy atom. The van der Waals surface area contributed by atoms with E-state index in [9.17, 15) is 14.7 Å². The number of nitrogens with zero attached hydrogens (tertiary/aromatic N) is 2. The van der Waals surface area contributed by atoms with Crippen LogP contribution in [0.2, 0.25) is 5.02 Å². The Bertz CT molecular complexity index is 997. The van der Waals surface area contributed by atoms with Crippen molar-refractivity contribution < 1.29 is 14.6 Å². The number of H-pyrrole nitrogens is 1. The smallest absolute Gasteiger partial charge is 0.315 e. The normalized spacial score (nSPS) is 11.3. The van der Waals surface area contributed by atoms with Crippen LogP contribution in [0.5, 0.6) is 11.6 Å². The van der Waals surface area contributed by atoms with Crippen molar-refractivity contribution in [3.8, 4) is 11.6 Å². The van der Waals surface area contributed by atoms with Gasteiger partial charge in [0.15, 0.2) is 0 Å². The number of hydrogen-bond acceptors (Lipinski definition) is 6. The number of aromatic hydroxyl groups is 1. The van der Waals surface area contributed by atoms with Crippen LogP contribution in [0.4, 0.5) is 0 Å². The number of aromatic amines is 1. The van der Waals surface area contributed by atoms with Crippen LogP contribution in [0, 0.1) is 5.92 Å². The molecule has 2 heterocycles. The van der Waals surface area contributed by atoms with E-state index in [1.807, 2.05) is 0 Å². The highest BCUT2D eigenvalue weighted by Gasteiger charge is 2.20. The zero-order valence-electron chi connectivity index (χ0n) is 12.3. The third kappa shape index (κ3) is 2.59. The lowest BCUT2D eigenvalue weighted by Crippen LogP contribution is -2.18. The summed E-state index contributed by atoms with van der Waals surface area (Å²) in [6.45, 7) is 3.32. The Morgan fingerprint density at radius 2 is 2.13 bits per heavy atom. The van der Waals surface area contributed by atoms with Crippen LogP contribution < -0.4 is 10.3 Å². The van der Waals surface area contributed by atoms with E-state index in [2.05, 4.69) is 15.2 Å². The summed E-state index contributed by atoms with van der Waals surface area (Å²) in [7, 11) is 0. The SMILES string of the molecule is CC(C)C(=O)Oc1n[nH]c(=O)c2nc3cc(Cl)ccc3c(O)c12. The molecule has 0 saturated heterocycles. The monoisotopic (exact) mass is 333 g/mol. The third-order valence-corrected chi connectivity index (χ3v) is 3.51. The molecule has 7 nitrogen and oxygen atoms in total. The van der Waals surface area contributed by atoms with Crippen molar-refractivity contribution in [3.63, 3.8) is 0 Å². The first-order chi connectivity index (χ1) is 10.9. The van der Waals surface area contributed by atoms with Gasteiger partial charge in [0.1, 0.15) is 16.7 Å². The van der Waals surface area contributed by atoms with Crippen LogP contribution >= 0.6 is 11.6 Å². The number of aromatic nitrogens is 3. The van der Waals surface area contributed by atoms with Crippen molar-refractivity contribution >= 4 is 39.4 Å². The summed E-state index contributed by atoms with van der Waals surface area (Å²) in [5, 5.41) is 17.2. The van der Waals surface area contributed by atoms with E-state index in [0.717, 1.165) is 0 Å². The average molecular weight is 334 g/mol. The van der Waals surface area contributed by atoms with Crippen molar-refractivity contribution in [3.05, 3.63) is 33.6 Å². The number of rotatable bonds is 2. The van der Waals surface area contributed by atoms with Crippen LogP contribution in [0.1, 0.15) is 13.8 Å². The number of carbonyl (C=O) groups is 1. The lowest BCUT2D eigenvalue weighted by molar-refractivity contribution is -0.137. The standard InChI is InChI=1S/C15H12ClN3O4/c1-6(2)15(22)23-14-10-11(13(21)18-19-14)17-9-5-7(16)3-4-8(9)12(10)20/h3-6H,1-2H3,(H,17,20)(H,18,21). The Morgan fingerprint density at radius 1 is 1.39 bits per heavy atom. The average Bonchev–Trinajstić information content (AvgIpc) is 2.49. The second kappa shape index (κ2) is 5.51. The molecule has 0 unspecified atom stereocenters. The molecule has 0 amide bonds. The first-order valence-corrected chi connectivity index (χ1v) is 7.18. The van der Waals surface area contributed by atoms with E-state index in [1.54, 1.807) is 26.0 Å². The van der Waals surface area contributed by atoms with Crippen LogP contribution in [0.15, 0.2) is 23.0 Å². The second-order valence-electron chi connectivity index (χ2n) is 5.28. The fourth-order valence-electron chi connectivity index (χ4n) is 2.08. The van der Waals surface area contributed by atoms with Gasteiger partial charge in [-0.05, 0) is 18.2 Å². The number of carbonyl (C=O) groups excluding carboxylic acids is 1. The van der Waals surface area contributed by atoms with Gasteiger partial charge in [-0.3, -0.25) is 9.59 Å². The molecule has 0 spiro atoms. The summed E-state index contributed by atoms with van der Waals surface area (Å²) < 4.78 is 5.15. The molecular formula is C15H12ClN3O4. The summed E-state index contributed by atoms with van der Waals surface area (Å²) >= 11 is 5.91. The van der Waals surface area contributed by atoms with Crippen LogP contribution in [-0.2, 0) is 4.79 Å². The quantitative estimate of drug-likeness (QED) is 0.551. The largest absolute Gasteiger partial charge is 0.506 e. The fourth-order valence-corrected chi connectivity index (χ4v) is 2.25. The molecule has 0 aliphatic carbocycles. The lowest BCUT2D eigenvalue weighted by atomic mass is 10.1. The van der Waals surface area contributed by atoms with E-state index in [1.165, 1.54) is 6.07 Å². The van der Waals surface area contributed by atoms with Crippen molar-refractivity contribution in [2.24, 2.45) is 5.92 Å². The van der Waals surface area contributed by atoms with E-state index in [-0.39, 0.29) is 22.5 Å². The highest BCUT2D eigenvalue weighted by molar-refractivity contribution is 6.31. The second-order valence-corrected chi connectivity index (χ2v) is 5.72. The van der Waals surface area contributed by atoms with Crippen LogP contribution in [0.3, 0.4) is 0 Å². The highest BCUT2D eigenvalue weighted by Crippen LogP contribution is 2.35. The van der Waals surface area contributed by atoms with Gasteiger partial charge in [0, 0.05) is 10.4 Å². The molecule has 3 aromatic rings. The minimum Gasteiger partial charge on any atom is -0.506 e. The Hall–Kier alpha value is -2.67. The van der Waals surface area contributed by atoms with Gasteiger partial charge in [0.25, 0.3) is 11.4 Å². The maximum Gasteiger partial charge on any atom is 0.315 e. The lowest BCUT2D eigenvalue weighted by Gasteiger charge is -2.10. The van der Waals surface area contributed by atoms with Gasteiger partial charge in [-0.15, -0.1) is 5.10 Å². The minimum absolute atomic E-state index is 0.0161. The van der Waals surface area contributed by atoms with Crippen molar-refractivity contribution in [1.29, 1.82) is 0 Å². The number of halogens is 1. The van der Waals surface area contributed by atoms with Crippen molar-refractivity contribution in [2.45, 2.75) is 13.8 Å². The maximum absolute atomic E-state index is 12.0. The van der Waals surface area contributed by atoms with Crippen LogP contribution in [-0.4, -0.2) is 26.3 Å². The summed E-state index contributed by atoms with van der Waals surface area (Å²) in [5.41, 5.74) is -0.347. The van der Waals surface area contributed by atoms with Crippen LogP contribution in [0.25, 0.3) is 21.8 Å². The van der Waals surface area contributed by atoms with Crippen molar-refractivity contribution in [1.82, 2.24) is 15.2 Å². The number of fused-ring (bicyclic) bond motifs is 2. The predicted molar refractivity (Wildman–Crippen MR) is 84.8 cm³/mol. The molecule has 0 atom stereocenters. The topological polar surface area (TPSA) is 105 Å². The Balaban J connectivity index is 2.36. The molecule has 2 aromatic heterocycles. The molecule has 0 fully saturated rings. The molecule has 8 heteroatoms. The van der Waals surface area contributed by atoms with Gasteiger partial charge in [-0.25, -0.2) is 10.1 Å². The van der Waals surface area contributed by atoms with E-state index >= 15 is 0 Å². The molecule has 3 rings (SSSR count). The van der Waals surface area contributed by atoms with E-state index in [4.69, 9.17) is 16.3 Å². The Labute approximate surface area is 134 Å². The zero-order valence-corrected chi connectivity index (χ0v) is 13.0. The van der Waals surface area contributed by atoms with Gasteiger partial charge in [-0.2, -0.15) is 0 Å². The number of pyridine rings is 1. The maximum atomic E-state index is 12.0. The van der Waals surface area contributed by atoms with Gasteiger partial charge in [0.2, 0.25) is 0 Å². The van der Waals surface area contributed by atoms with Crippen molar-refractivity contribution in [2.75, 3.05) is 0 Å². The molecule has 118 valence electrons. The predicted octanol–water partition coefficient (Wildman–Crippen LogP) is 2.39. The fraction of sp³-hybridized carbons (Fsp3) is 0.200. The molecule has 0 radical (unpaired) electrons. The van der Waals surface area contributed by atoms with E-state index in [0.29, 0.717) is 15.9 Å². The van der Waals surface area contributed by atoms with Gasteiger partial charge >= 0.3 is 5.97 Å². The summed E-state index contributed by atoms with van der Waals surface area (Å²) in [6.07, 6.45) is 0. The molecular weight excluding hydrogens is 322 g/mol. The Kier molecular flexibility index (Phi) is 3.65.